The van der Waals surface area contributed by atoms with Gasteiger partial charge in [-0.1, -0.05) is 38.1 Å². The molecule has 0 bridgehead atoms. The van der Waals surface area contributed by atoms with E-state index in [2.05, 4.69) is 43.1 Å². The molecule has 3 nitrogen and oxygen atoms in total. The Morgan fingerprint density at radius 2 is 2.09 bits per heavy atom. The van der Waals surface area contributed by atoms with E-state index in [-0.39, 0.29) is 5.91 Å². The number of amides is 1. The number of fused-ring (bicyclic) bond motifs is 1. The maximum atomic E-state index is 13.2. The van der Waals surface area contributed by atoms with E-state index in [1.807, 2.05) is 24.3 Å². The van der Waals surface area contributed by atoms with Gasteiger partial charge in [-0.15, -0.1) is 0 Å². The number of hydrogen-bond donors (Lipinski definition) is 1. The van der Waals surface area contributed by atoms with Gasteiger partial charge in [-0.2, -0.15) is 0 Å². The largest absolute Gasteiger partial charge is 0.334 e. The van der Waals surface area contributed by atoms with Gasteiger partial charge in [0.25, 0.3) is 5.91 Å². The van der Waals surface area contributed by atoms with Crippen LogP contribution in [0, 0.1) is 12.8 Å². The molecular weight excluding hydrogens is 284 g/mol. The zero-order valence-electron chi connectivity index (χ0n) is 14.3. The van der Waals surface area contributed by atoms with E-state index in [1.165, 1.54) is 10.9 Å². The molecule has 2 aromatic carbocycles. The number of nitrogens with zero attached hydrogens (tertiary/aromatic N) is 1. The van der Waals surface area contributed by atoms with Gasteiger partial charge in [0.15, 0.2) is 0 Å². The molecule has 2 aromatic rings. The number of nitrogens with one attached hydrogen (secondary N) is 1. The number of rotatable bonds is 4. The zero-order chi connectivity index (χ0) is 16.4. The molecule has 0 unspecified atom stereocenters. The molecule has 1 fully saturated rings. The molecule has 3 rings (SSSR count). The predicted molar refractivity (Wildman–Crippen MR) is 95.8 cm³/mol. The third kappa shape index (κ3) is 3.40. The molecule has 1 amide bonds. The Bertz CT molecular complexity index is 702. The Balaban J connectivity index is 1.95. The van der Waals surface area contributed by atoms with Crippen LogP contribution in [0.4, 0.5) is 0 Å². The first-order valence-electron chi connectivity index (χ1n) is 8.57. The highest BCUT2D eigenvalue weighted by Gasteiger charge is 2.28. The van der Waals surface area contributed by atoms with E-state index in [0.29, 0.717) is 12.0 Å². The quantitative estimate of drug-likeness (QED) is 0.935. The van der Waals surface area contributed by atoms with E-state index in [1.54, 1.807) is 0 Å². The molecule has 23 heavy (non-hydrogen) atoms. The maximum Gasteiger partial charge on any atom is 0.254 e. The second kappa shape index (κ2) is 6.71. The third-order valence-corrected chi connectivity index (χ3v) is 4.61. The zero-order valence-corrected chi connectivity index (χ0v) is 14.3. The Morgan fingerprint density at radius 1 is 1.30 bits per heavy atom. The highest BCUT2D eigenvalue weighted by molar-refractivity contribution is 5.99. The van der Waals surface area contributed by atoms with Crippen molar-refractivity contribution in [3.63, 3.8) is 0 Å². The van der Waals surface area contributed by atoms with Crippen molar-refractivity contribution in [1.29, 1.82) is 0 Å². The van der Waals surface area contributed by atoms with Gasteiger partial charge in [-0.25, -0.2) is 0 Å². The lowest BCUT2D eigenvalue weighted by atomic mass is 10.00. The number of carbonyl (C=O) groups is 1. The van der Waals surface area contributed by atoms with Gasteiger partial charge in [0.2, 0.25) is 0 Å². The topological polar surface area (TPSA) is 32.3 Å². The highest BCUT2D eigenvalue weighted by atomic mass is 16.2. The first kappa shape index (κ1) is 16.0. The van der Waals surface area contributed by atoms with Crippen LogP contribution in [-0.2, 0) is 0 Å². The molecule has 0 spiro atoms. The Kier molecular flexibility index (Phi) is 4.67. The number of benzene rings is 2. The monoisotopic (exact) mass is 310 g/mol. The number of carbonyl (C=O) groups excluding carboxylic acids is 1. The maximum absolute atomic E-state index is 13.2. The summed E-state index contributed by atoms with van der Waals surface area (Å²) in [6.45, 7) is 9.16. The van der Waals surface area contributed by atoms with Gasteiger partial charge in [-0.05, 0) is 54.3 Å². The van der Waals surface area contributed by atoms with Crippen LogP contribution in [0.1, 0.15) is 36.2 Å². The van der Waals surface area contributed by atoms with Crippen molar-refractivity contribution in [1.82, 2.24) is 10.2 Å². The molecule has 1 heterocycles. The Hall–Kier alpha value is -1.87. The summed E-state index contributed by atoms with van der Waals surface area (Å²) >= 11 is 0. The molecule has 0 aliphatic carbocycles. The van der Waals surface area contributed by atoms with E-state index < -0.39 is 0 Å². The van der Waals surface area contributed by atoms with Gasteiger partial charge in [-0.3, -0.25) is 4.79 Å². The standard InChI is InChI=1S/C20H26N2O/c1-14(2)13-22(18-8-9-21-12-18)20(23)17-10-15(3)19-7-5-4-6-16(19)11-17/h4-7,10-11,14,18,21H,8-9,12-13H2,1-3H3/t18-/m0/s1. The minimum absolute atomic E-state index is 0.168. The van der Waals surface area contributed by atoms with E-state index in [4.69, 9.17) is 0 Å². The fourth-order valence-corrected chi connectivity index (χ4v) is 3.49. The molecule has 1 aliphatic heterocycles. The lowest BCUT2D eigenvalue weighted by Crippen LogP contribution is -2.43. The van der Waals surface area contributed by atoms with Crippen molar-refractivity contribution in [2.24, 2.45) is 5.92 Å². The van der Waals surface area contributed by atoms with Crippen LogP contribution in [0.5, 0.6) is 0 Å². The molecule has 122 valence electrons. The smallest absolute Gasteiger partial charge is 0.254 e. The van der Waals surface area contributed by atoms with Gasteiger partial charge in [0.05, 0.1) is 0 Å². The second-order valence-corrected chi connectivity index (χ2v) is 7.01. The number of hydrogen-bond acceptors (Lipinski definition) is 2. The van der Waals surface area contributed by atoms with E-state index >= 15 is 0 Å². The van der Waals surface area contributed by atoms with E-state index in [0.717, 1.165) is 37.0 Å². The van der Waals surface area contributed by atoms with Crippen molar-refractivity contribution in [2.45, 2.75) is 33.2 Å². The van der Waals surface area contributed by atoms with Crippen LogP contribution in [-0.4, -0.2) is 36.5 Å². The van der Waals surface area contributed by atoms with Gasteiger partial charge in [0.1, 0.15) is 0 Å². The summed E-state index contributed by atoms with van der Waals surface area (Å²) in [4.78, 5) is 15.2. The summed E-state index contributed by atoms with van der Waals surface area (Å²) in [7, 11) is 0. The molecule has 0 saturated carbocycles. The first-order valence-corrected chi connectivity index (χ1v) is 8.57. The second-order valence-electron chi connectivity index (χ2n) is 7.01. The molecule has 0 aromatic heterocycles. The van der Waals surface area contributed by atoms with Crippen molar-refractivity contribution in [2.75, 3.05) is 19.6 Å². The third-order valence-electron chi connectivity index (χ3n) is 4.61. The molecule has 1 atom stereocenters. The molecule has 1 saturated heterocycles. The first-order chi connectivity index (χ1) is 11.1. The fraction of sp³-hybridized carbons (Fsp3) is 0.450. The Morgan fingerprint density at radius 3 is 2.78 bits per heavy atom. The Labute approximate surface area is 138 Å². The number of aryl methyl sites for hydroxylation is 1. The van der Waals surface area contributed by atoms with Crippen LogP contribution >= 0.6 is 0 Å². The SMILES string of the molecule is Cc1cc(C(=O)N(CC(C)C)[C@H]2CCNC2)cc2ccccc12. The van der Waals surface area contributed by atoms with Crippen molar-refractivity contribution >= 4 is 16.7 Å². The summed E-state index contributed by atoms with van der Waals surface area (Å²) in [5.74, 6) is 0.641. The lowest BCUT2D eigenvalue weighted by molar-refractivity contribution is 0.0667. The van der Waals surface area contributed by atoms with Crippen molar-refractivity contribution in [3.8, 4) is 0 Å². The summed E-state index contributed by atoms with van der Waals surface area (Å²) in [5, 5.41) is 5.75. The van der Waals surface area contributed by atoms with Crippen molar-refractivity contribution < 1.29 is 4.79 Å². The van der Waals surface area contributed by atoms with Crippen LogP contribution < -0.4 is 5.32 Å². The average Bonchev–Trinajstić information content (AvgIpc) is 3.06. The highest BCUT2D eigenvalue weighted by Crippen LogP contribution is 2.23. The van der Waals surface area contributed by atoms with Gasteiger partial charge < -0.3 is 10.2 Å². The fourth-order valence-electron chi connectivity index (χ4n) is 3.49. The van der Waals surface area contributed by atoms with E-state index in [9.17, 15) is 4.79 Å². The molecule has 1 aliphatic rings. The summed E-state index contributed by atoms with van der Waals surface area (Å²) in [6, 6.07) is 12.7. The predicted octanol–water partition coefficient (Wildman–Crippen LogP) is 3.61. The average molecular weight is 310 g/mol. The minimum atomic E-state index is 0.168. The normalized spacial score (nSPS) is 17.8. The van der Waals surface area contributed by atoms with Crippen LogP contribution in [0.25, 0.3) is 10.8 Å². The van der Waals surface area contributed by atoms with Crippen molar-refractivity contribution in [3.05, 3.63) is 47.5 Å². The molecule has 1 N–H and O–H groups in total. The molecular formula is C20H26N2O. The molecule has 0 radical (unpaired) electrons. The van der Waals surface area contributed by atoms with Gasteiger partial charge >= 0.3 is 0 Å². The molecule has 3 heteroatoms. The summed E-state index contributed by atoms with van der Waals surface area (Å²) in [6.07, 6.45) is 1.05. The summed E-state index contributed by atoms with van der Waals surface area (Å²) in [5.41, 5.74) is 1.98. The lowest BCUT2D eigenvalue weighted by Gasteiger charge is -2.30. The van der Waals surface area contributed by atoms with Crippen LogP contribution in [0.3, 0.4) is 0 Å². The van der Waals surface area contributed by atoms with Crippen LogP contribution in [0.15, 0.2) is 36.4 Å². The minimum Gasteiger partial charge on any atom is -0.334 e. The summed E-state index contributed by atoms with van der Waals surface area (Å²) < 4.78 is 0. The van der Waals surface area contributed by atoms with Gasteiger partial charge in [0, 0.05) is 24.7 Å². The van der Waals surface area contributed by atoms with Crippen LogP contribution in [0.2, 0.25) is 0 Å².